The molecule has 2 rings (SSSR count). The number of rotatable bonds is 5. The summed E-state index contributed by atoms with van der Waals surface area (Å²) in [6.07, 6.45) is 0.649. The molecular formula is C13H11FO3S2. The van der Waals surface area contributed by atoms with Crippen LogP contribution in [-0.2, 0) is 17.2 Å². The highest BCUT2D eigenvalue weighted by atomic mass is 32.2. The highest BCUT2D eigenvalue weighted by Crippen LogP contribution is 2.15. The molecule has 100 valence electrons. The van der Waals surface area contributed by atoms with Gasteiger partial charge in [0, 0.05) is 10.6 Å². The lowest BCUT2D eigenvalue weighted by molar-refractivity contribution is 0.0691. The van der Waals surface area contributed by atoms with Gasteiger partial charge in [0.05, 0.1) is 16.4 Å². The van der Waals surface area contributed by atoms with Crippen molar-refractivity contribution in [2.75, 3.05) is 5.75 Å². The number of hydrogen-bond acceptors (Lipinski definition) is 3. The summed E-state index contributed by atoms with van der Waals surface area (Å²) in [5.41, 5.74) is 0.653. The van der Waals surface area contributed by atoms with Crippen LogP contribution in [0.5, 0.6) is 0 Å². The molecule has 19 heavy (non-hydrogen) atoms. The van der Waals surface area contributed by atoms with E-state index in [1.165, 1.54) is 6.07 Å². The van der Waals surface area contributed by atoms with E-state index in [2.05, 4.69) is 0 Å². The Bertz CT molecular complexity index is 608. The van der Waals surface area contributed by atoms with E-state index in [0.717, 1.165) is 17.7 Å². The fraction of sp³-hybridized carbons (Fsp3) is 0.154. The summed E-state index contributed by atoms with van der Waals surface area (Å²) in [5, 5.41) is 12.7. The van der Waals surface area contributed by atoms with E-state index in [1.54, 1.807) is 11.3 Å². The van der Waals surface area contributed by atoms with Crippen LogP contribution >= 0.6 is 11.3 Å². The topological polar surface area (TPSA) is 54.4 Å². The average molecular weight is 298 g/mol. The van der Waals surface area contributed by atoms with Crippen molar-refractivity contribution in [2.45, 2.75) is 11.3 Å². The molecule has 6 heteroatoms. The van der Waals surface area contributed by atoms with Crippen LogP contribution in [0.1, 0.15) is 15.9 Å². The Labute approximate surface area is 116 Å². The first kappa shape index (κ1) is 13.9. The minimum absolute atomic E-state index is 0.342. The molecule has 3 nitrogen and oxygen atoms in total. The molecule has 0 bridgehead atoms. The van der Waals surface area contributed by atoms with E-state index >= 15 is 0 Å². The van der Waals surface area contributed by atoms with Gasteiger partial charge in [0.25, 0.3) is 0 Å². The van der Waals surface area contributed by atoms with Crippen LogP contribution in [0.15, 0.2) is 39.9 Å². The molecule has 0 aliphatic rings. The van der Waals surface area contributed by atoms with Crippen LogP contribution in [0, 0.1) is 5.82 Å². The number of hydrogen-bond donors (Lipinski definition) is 1. The molecule has 1 unspecified atom stereocenters. The van der Waals surface area contributed by atoms with Gasteiger partial charge in [-0.2, -0.15) is 11.3 Å². The van der Waals surface area contributed by atoms with E-state index in [4.69, 9.17) is 5.11 Å². The summed E-state index contributed by atoms with van der Waals surface area (Å²) in [7, 11) is -1.33. The Morgan fingerprint density at radius 1 is 1.37 bits per heavy atom. The van der Waals surface area contributed by atoms with Crippen LogP contribution in [0.25, 0.3) is 0 Å². The summed E-state index contributed by atoms with van der Waals surface area (Å²) < 4.78 is 25.2. The maximum atomic E-state index is 13.2. The number of carboxylic acid groups (broad SMARTS) is 1. The van der Waals surface area contributed by atoms with E-state index in [0.29, 0.717) is 17.1 Å². The third-order valence-electron chi connectivity index (χ3n) is 2.59. The van der Waals surface area contributed by atoms with Crippen molar-refractivity contribution < 1.29 is 18.5 Å². The van der Waals surface area contributed by atoms with Crippen molar-refractivity contribution in [3.8, 4) is 0 Å². The maximum Gasteiger partial charge on any atom is 0.338 e. The van der Waals surface area contributed by atoms with Crippen molar-refractivity contribution in [3.63, 3.8) is 0 Å². The lowest BCUT2D eigenvalue weighted by atomic mass is 10.2. The van der Waals surface area contributed by atoms with Crippen molar-refractivity contribution in [1.29, 1.82) is 0 Å². The molecule has 1 atom stereocenters. The van der Waals surface area contributed by atoms with Crippen LogP contribution in [0.4, 0.5) is 4.39 Å². The van der Waals surface area contributed by atoms with Gasteiger partial charge >= 0.3 is 5.97 Å². The van der Waals surface area contributed by atoms with Gasteiger partial charge in [0.15, 0.2) is 0 Å². The first-order chi connectivity index (χ1) is 9.08. The molecule has 1 heterocycles. The Morgan fingerprint density at radius 3 is 2.79 bits per heavy atom. The first-order valence-corrected chi connectivity index (χ1v) is 7.76. The Kier molecular flexibility index (Phi) is 4.44. The Balaban J connectivity index is 2.11. The minimum Gasteiger partial charge on any atom is -0.478 e. The third kappa shape index (κ3) is 3.48. The monoisotopic (exact) mass is 298 g/mol. The molecule has 1 N–H and O–H groups in total. The summed E-state index contributed by atoms with van der Waals surface area (Å²) in [4.78, 5) is 11.1. The number of carbonyl (C=O) groups is 1. The molecule has 0 aliphatic heterocycles. The van der Waals surface area contributed by atoms with Crippen molar-refractivity contribution >= 4 is 28.1 Å². The molecular weight excluding hydrogens is 287 g/mol. The van der Waals surface area contributed by atoms with Gasteiger partial charge < -0.3 is 5.11 Å². The second-order valence-corrected chi connectivity index (χ2v) is 6.23. The molecule has 0 saturated carbocycles. The van der Waals surface area contributed by atoms with E-state index in [9.17, 15) is 13.4 Å². The highest BCUT2D eigenvalue weighted by Gasteiger charge is 2.13. The van der Waals surface area contributed by atoms with Gasteiger partial charge in [-0.1, -0.05) is 0 Å². The fourth-order valence-electron chi connectivity index (χ4n) is 1.57. The second kappa shape index (κ2) is 6.08. The number of aryl methyl sites for hydroxylation is 1. The van der Waals surface area contributed by atoms with E-state index in [1.807, 2.05) is 16.8 Å². The van der Waals surface area contributed by atoms with Crippen LogP contribution in [-0.4, -0.2) is 21.0 Å². The van der Waals surface area contributed by atoms with E-state index < -0.39 is 28.1 Å². The zero-order chi connectivity index (χ0) is 13.8. The number of thiophene rings is 1. The Hall–Kier alpha value is -1.53. The SMILES string of the molecule is O=C(O)c1cc(S(=O)CCc2ccsc2)ccc1F. The lowest BCUT2D eigenvalue weighted by Gasteiger charge is -2.04. The molecule has 0 amide bonds. The first-order valence-electron chi connectivity index (χ1n) is 5.50. The van der Waals surface area contributed by atoms with Gasteiger partial charge in [0.2, 0.25) is 0 Å². The standard InChI is InChI=1S/C13H11FO3S2/c14-12-2-1-10(7-11(12)13(15)16)19(17)6-4-9-3-5-18-8-9/h1-3,5,7-8H,4,6H2,(H,15,16). The van der Waals surface area contributed by atoms with Gasteiger partial charge in [-0.15, -0.1) is 0 Å². The van der Waals surface area contributed by atoms with Gasteiger partial charge in [-0.25, -0.2) is 9.18 Å². The summed E-state index contributed by atoms with van der Waals surface area (Å²) in [6.45, 7) is 0. The third-order valence-corrected chi connectivity index (χ3v) is 4.67. The van der Waals surface area contributed by atoms with Gasteiger partial charge in [-0.05, 0) is 47.0 Å². The predicted octanol–water partition coefficient (Wildman–Crippen LogP) is 2.94. The van der Waals surface area contributed by atoms with Gasteiger partial charge in [-0.3, -0.25) is 4.21 Å². The molecule has 2 aromatic rings. The largest absolute Gasteiger partial charge is 0.478 e. The Morgan fingerprint density at radius 2 is 2.16 bits per heavy atom. The number of halogens is 1. The van der Waals surface area contributed by atoms with Crippen molar-refractivity contribution in [1.82, 2.24) is 0 Å². The van der Waals surface area contributed by atoms with E-state index in [-0.39, 0.29) is 0 Å². The highest BCUT2D eigenvalue weighted by molar-refractivity contribution is 7.85. The van der Waals surface area contributed by atoms with Gasteiger partial charge in [0.1, 0.15) is 5.82 Å². The molecule has 0 radical (unpaired) electrons. The minimum atomic E-state index is -1.35. The molecule has 1 aromatic heterocycles. The molecule has 0 aliphatic carbocycles. The summed E-state index contributed by atoms with van der Waals surface area (Å²) >= 11 is 1.57. The second-order valence-electron chi connectivity index (χ2n) is 3.88. The van der Waals surface area contributed by atoms with Crippen LogP contribution < -0.4 is 0 Å². The molecule has 0 saturated heterocycles. The zero-order valence-electron chi connectivity index (χ0n) is 9.84. The predicted molar refractivity (Wildman–Crippen MR) is 72.7 cm³/mol. The van der Waals surface area contributed by atoms with Crippen LogP contribution in [0.2, 0.25) is 0 Å². The number of aromatic carboxylic acids is 1. The molecule has 0 fully saturated rings. The number of carboxylic acids is 1. The van der Waals surface area contributed by atoms with Crippen molar-refractivity contribution in [3.05, 3.63) is 52.0 Å². The lowest BCUT2D eigenvalue weighted by Crippen LogP contribution is -2.05. The maximum absolute atomic E-state index is 13.2. The fourth-order valence-corrected chi connectivity index (χ4v) is 3.40. The smallest absolute Gasteiger partial charge is 0.338 e. The molecule has 0 spiro atoms. The van der Waals surface area contributed by atoms with Crippen LogP contribution in [0.3, 0.4) is 0 Å². The average Bonchev–Trinajstić information content (AvgIpc) is 2.89. The summed E-state index contributed by atoms with van der Waals surface area (Å²) in [6, 6.07) is 5.50. The summed E-state index contributed by atoms with van der Waals surface area (Å²) in [5.74, 6) is -1.78. The normalized spacial score (nSPS) is 12.3. The van der Waals surface area contributed by atoms with Crippen molar-refractivity contribution in [2.24, 2.45) is 0 Å². The molecule has 1 aromatic carbocycles. The quantitative estimate of drug-likeness (QED) is 0.923. The number of benzene rings is 1. The zero-order valence-corrected chi connectivity index (χ0v) is 11.5.